The SMILES string of the molecule is CN1CCC(NC(CC(=O)O)c2cccs2)CC1. The second-order valence-electron chi connectivity index (χ2n) is 4.91. The van der Waals surface area contributed by atoms with E-state index in [-0.39, 0.29) is 12.5 Å². The van der Waals surface area contributed by atoms with E-state index >= 15 is 0 Å². The molecular formula is C13H20N2O2S. The number of carboxylic acid groups (broad SMARTS) is 1. The van der Waals surface area contributed by atoms with E-state index < -0.39 is 5.97 Å². The Labute approximate surface area is 112 Å². The fraction of sp³-hybridized carbons (Fsp3) is 0.615. The summed E-state index contributed by atoms with van der Waals surface area (Å²) in [4.78, 5) is 14.4. The zero-order chi connectivity index (χ0) is 13.0. The second kappa shape index (κ2) is 6.31. The number of nitrogens with one attached hydrogen (secondary N) is 1. The molecule has 0 amide bonds. The van der Waals surface area contributed by atoms with Crippen LogP contribution in [0.5, 0.6) is 0 Å². The van der Waals surface area contributed by atoms with Gasteiger partial charge in [0.15, 0.2) is 0 Å². The van der Waals surface area contributed by atoms with E-state index in [9.17, 15) is 4.79 Å². The minimum absolute atomic E-state index is 0.0455. The van der Waals surface area contributed by atoms with E-state index in [0.717, 1.165) is 30.8 Å². The molecule has 5 heteroatoms. The largest absolute Gasteiger partial charge is 0.481 e. The minimum Gasteiger partial charge on any atom is -0.481 e. The Kier molecular flexibility index (Phi) is 4.74. The molecule has 100 valence electrons. The summed E-state index contributed by atoms with van der Waals surface area (Å²) in [6.45, 7) is 2.17. The summed E-state index contributed by atoms with van der Waals surface area (Å²) in [6.07, 6.45) is 2.35. The molecule has 2 heterocycles. The molecule has 1 unspecified atom stereocenters. The first-order chi connectivity index (χ1) is 8.65. The van der Waals surface area contributed by atoms with Gasteiger partial charge in [-0.05, 0) is 44.4 Å². The van der Waals surface area contributed by atoms with Crippen molar-refractivity contribution in [2.75, 3.05) is 20.1 Å². The molecule has 4 nitrogen and oxygen atoms in total. The van der Waals surface area contributed by atoms with Gasteiger partial charge >= 0.3 is 5.97 Å². The highest BCUT2D eigenvalue weighted by Gasteiger charge is 2.23. The lowest BCUT2D eigenvalue weighted by molar-refractivity contribution is -0.137. The summed E-state index contributed by atoms with van der Waals surface area (Å²) in [5, 5.41) is 14.5. The fourth-order valence-corrected chi connectivity index (χ4v) is 3.15. The summed E-state index contributed by atoms with van der Waals surface area (Å²) < 4.78 is 0. The number of carboxylic acids is 1. The Balaban J connectivity index is 1.95. The molecule has 0 spiro atoms. The van der Waals surface area contributed by atoms with Crippen LogP contribution >= 0.6 is 11.3 Å². The summed E-state index contributed by atoms with van der Waals surface area (Å²) in [6, 6.07) is 4.38. The average Bonchev–Trinajstić information content (AvgIpc) is 2.84. The molecule has 18 heavy (non-hydrogen) atoms. The van der Waals surface area contributed by atoms with Gasteiger partial charge in [0.1, 0.15) is 0 Å². The monoisotopic (exact) mass is 268 g/mol. The highest BCUT2D eigenvalue weighted by atomic mass is 32.1. The molecule has 1 aromatic heterocycles. The van der Waals surface area contributed by atoms with Crippen molar-refractivity contribution >= 4 is 17.3 Å². The van der Waals surface area contributed by atoms with Gasteiger partial charge in [-0.1, -0.05) is 6.07 Å². The second-order valence-corrected chi connectivity index (χ2v) is 5.89. The van der Waals surface area contributed by atoms with E-state index in [1.165, 1.54) is 0 Å². The van der Waals surface area contributed by atoms with Crippen molar-refractivity contribution in [1.29, 1.82) is 0 Å². The van der Waals surface area contributed by atoms with Crippen LogP contribution in [0.3, 0.4) is 0 Å². The number of hydrogen-bond donors (Lipinski definition) is 2. The topological polar surface area (TPSA) is 52.6 Å². The van der Waals surface area contributed by atoms with Gasteiger partial charge in [0.2, 0.25) is 0 Å². The quantitative estimate of drug-likeness (QED) is 0.857. The molecule has 0 radical (unpaired) electrons. The maximum Gasteiger partial charge on any atom is 0.305 e. The third kappa shape index (κ3) is 3.80. The molecule has 1 atom stereocenters. The maximum atomic E-state index is 11.0. The number of nitrogens with zero attached hydrogens (tertiary/aromatic N) is 1. The van der Waals surface area contributed by atoms with E-state index in [4.69, 9.17) is 5.11 Å². The molecule has 0 bridgehead atoms. The summed E-state index contributed by atoms with van der Waals surface area (Å²) in [7, 11) is 2.13. The normalized spacial score (nSPS) is 19.8. The molecule has 1 fully saturated rings. The molecule has 2 rings (SSSR count). The van der Waals surface area contributed by atoms with Crippen molar-refractivity contribution in [1.82, 2.24) is 10.2 Å². The fourth-order valence-electron chi connectivity index (χ4n) is 2.37. The van der Waals surface area contributed by atoms with E-state index in [2.05, 4.69) is 17.3 Å². The Morgan fingerprint density at radius 3 is 2.89 bits per heavy atom. The lowest BCUT2D eigenvalue weighted by Gasteiger charge is -2.32. The van der Waals surface area contributed by atoms with Gasteiger partial charge < -0.3 is 15.3 Å². The van der Waals surface area contributed by atoms with Gasteiger partial charge in [-0.25, -0.2) is 0 Å². The number of aliphatic carboxylic acids is 1. The van der Waals surface area contributed by atoms with Crippen LogP contribution in [0.4, 0.5) is 0 Å². The van der Waals surface area contributed by atoms with E-state index in [0.29, 0.717) is 6.04 Å². The first kappa shape index (κ1) is 13.5. The van der Waals surface area contributed by atoms with Crippen molar-refractivity contribution < 1.29 is 9.90 Å². The number of rotatable bonds is 5. The molecule has 1 aliphatic rings. The van der Waals surface area contributed by atoms with Crippen molar-refractivity contribution in [3.05, 3.63) is 22.4 Å². The van der Waals surface area contributed by atoms with Gasteiger partial charge in [-0.3, -0.25) is 4.79 Å². The van der Waals surface area contributed by atoms with Gasteiger partial charge in [0, 0.05) is 10.9 Å². The van der Waals surface area contributed by atoms with Crippen LogP contribution in [-0.4, -0.2) is 42.2 Å². The predicted octanol–water partition coefficient (Wildman–Crippen LogP) is 1.95. The van der Waals surface area contributed by atoms with Gasteiger partial charge in [-0.2, -0.15) is 0 Å². The van der Waals surface area contributed by atoms with Crippen LogP contribution in [0.2, 0.25) is 0 Å². The smallest absolute Gasteiger partial charge is 0.305 e. The summed E-state index contributed by atoms with van der Waals surface area (Å²) in [5.74, 6) is -0.742. The zero-order valence-corrected chi connectivity index (χ0v) is 11.4. The Morgan fingerprint density at radius 2 is 2.33 bits per heavy atom. The number of likely N-dealkylation sites (tertiary alicyclic amines) is 1. The maximum absolute atomic E-state index is 11.0. The molecule has 1 saturated heterocycles. The van der Waals surface area contributed by atoms with Crippen molar-refractivity contribution in [3.8, 4) is 0 Å². The zero-order valence-electron chi connectivity index (χ0n) is 10.6. The van der Waals surface area contributed by atoms with Crippen LogP contribution < -0.4 is 5.32 Å². The highest BCUT2D eigenvalue weighted by molar-refractivity contribution is 7.10. The van der Waals surface area contributed by atoms with Crippen LogP contribution in [0, 0.1) is 0 Å². The average molecular weight is 268 g/mol. The van der Waals surface area contributed by atoms with Crippen LogP contribution in [-0.2, 0) is 4.79 Å². The standard InChI is InChI=1S/C13H20N2O2S/c1-15-6-4-10(5-7-15)14-11(9-13(16)17)12-3-2-8-18-12/h2-3,8,10-11,14H,4-7,9H2,1H3,(H,16,17). The highest BCUT2D eigenvalue weighted by Crippen LogP contribution is 2.24. The molecular weight excluding hydrogens is 248 g/mol. The third-order valence-corrected chi connectivity index (χ3v) is 4.41. The molecule has 2 N–H and O–H groups in total. The molecule has 0 aliphatic carbocycles. The van der Waals surface area contributed by atoms with Crippen LogP contribution in [0.1, 0.15) is 30.2 Å². The number of hydrogen-bond acceptors (Lipinski definition) is 4. The van der Waals surface area contributed by atoms with Gasteiger partial charge in [-0.15, -0.1) is 11.3 Å². The summed E-state index contributed by atoms with van der Waals surface area (Å²) in [5.41, 5.74) is 0. The van der Waals surface area contributed by atoms with Crippen LogP contribution in [0.25, 0.3) is 0 Å². The predicted molar refractivity (Wildman–Crippen MR) is 73.0 cm³/mol. The number of thiophene rings is 1. The first-order valence-corrected chi connectivity index (χ1v) is 7.23. The molecule has 1 aliphatic heterocycles. The lowest BCUT2D eigenvalue weighted by atomic mass is 10.0. The Morgan fingerprint density at radius 1 is 1.61 bits per heavy atom. The van der Waals surface area contributed by atoms with Gasteiger partial charge in [0.05, 0.1) is 12.5 Å². The van der Waals surface area contributed by atoms with E-state index in [1.807, 2.05) is 17.5 Å². The van der Waals surface area contributed by atoms with Crippen molar-refractivity contribution in [2.24, 2.45) is 0 Å². The van der Waals surface area contributed by atoms with Crippen molar-refractivity contribution in [2.45, 2.75) is 31.3 Å². The summed E-state index contributed by atoms with van der Waals surface area (Å²) >= 11 is 1.63. The third-order valence-electron chi connectivity index (χ3n) is 3.42. The first-order valence-electron chi connectivity index (χ1n) is 6.35. The molecule has 0 aromatic carbocycles. The Bertz CT molecular complexity index is 372. The molecule has 1 aromatic rings. The van der Waals surface area contributed by atoms with Crippen molar-refractivity contribution in [3.63, 3.8) is 0 Å². The molecule has 0 saturated carbocycles. The Hall–Kier alpha value is -0.910. The number of carbonyl (C=O) groups is 1. The lowest BCUT2D eigenvalue weighted by Crippen LogP contribution is -2.42. The number of piperidine rings is 1. The van der Waals surface area contributed by atoms with Crippen LogP contribution in [0.15, 0.2) is 17.5 Å². The van der Waals surface area contributed by atoms with E-state index in [1.54, 1.807) is 11.3 Å². The van der Waals surface area contributed by atoms with Gasteiger partial charge in [0.25, 0.3) is 0 Å². The minimum atomic E-state index is -0.742.